The highest BCUT2D eigenvalue weighted by Crippen LogP contribution is 2.39. The maximum atomic E-state index is 14.1. The molecule has 12 heteroatoms. The molecule has 2 unspecified atom stereocenters. The summed E-state index contributed by atoms with van der Waals surface area (Å²) in [5.41, 5.74) is 2.03. The van der Waals surface area contributed by atoms with E-state index in [0.717, 1.165) is 5.56 Å². The first-order valence-corrected chi connectivity index (χ1v) is 14.6. The van der Waals surface area contributed by atoms with E-state index in [1.54, 1.807) is 41.4 Å². The molecule has 0 saturated carbocycles. The van der Waals surface area contributed by atoms with Gasteiger partial charge in [0.2, 0.25) is 5.91 Å². The van der Waals surface area contributed by atoms with Crippen LogP contribution in [0.1, 0.15) is 44.9 Å². The normalized spacial score (nSPS) is 17.0. The number of halogens is 3. The maximum absolute atomic E-state index is 14.1. The van der Waals surface area contributed by atoms with Gasteiger partial charge < -0.3 is 14.5 Å². The number of nitrogens with zero attached hydrogens (tertiary/aromatic N) is 6. The molecule has 3 aromatic heterocycles. The third kappa shape index (κ3) is 5.63. The van der Waals surface area contributed by atoms with E-state index < -0.39 is 12.3 Å². The monoisotopic (exact) mass is 622 g/mol. The summed E-state index contributed by atoms with van der Waals surface area (Å²) >= 11 is 6.84. The van der Waals surface area contributed by atoms with Crippen LogP contribution in [0.5, 0.6) is 5.75 Å². The molecule has 0 spiro atoms. The third-order valence-corrected chi connectivity index (χ3v) is 8.09. The summed E-state index contributed by atoms with van der Waals surface area (Å²) in [5, 5.41) is 0.635. The number of anilines is 1. The van der Waals surface area contributed by atoms with Gasteiger partial charge in [-0.3, -0.25) is 9.78 Å². The fraction of sp³-hybridized carbons (Fsp3) is 0.344. The molecule has 9 nitrogen and oxygen atoms in total. The molecule has 230 valence electrons. The number of hydrogen-bond donors (Lipinski definition) is 0. The number of pyridine rings is 2. The SMILES string of the molecule is C=CC(=O)N1CC(C)N(c2nc(=O)n(-c3c(C)ccnc3C(C)C)c3nc(-c4ccccc4OC(F)F)c(Cl)cc23)CC1C. The average Bonchev–Trinajstić information content (AvgIpc) is 2.97. The molecule has 5 rings (SSSR count). The van der Waals surface area contributed by atoms with Gasteiger partial charge in [-0.15, -0.1) is 0 Å². The zero-order valence-electron chi connectivity index (χ0n) is 25.1. The van der Waals surface area contributed by atoms with Gasteiger partial charge in [-0.1, -0.05) is 44.2 Å². The van der Waals surface area contributed by atoms with E-state index in [-0.39, 0.29) is 51.6 Å². The summed E-state index contributed by atoms with van der Waals surface area (Å²) in [6, 6.07) is 9.25. The first kappa shape index (κ1) is 31.1. The number of hydrogen-bond acceptors (Lipinski definition) is 7. The number of alkyl halides is 2. The summed E-state index contributed by atoms with van der Waals surface area (Å²) in [4.78, 5) is 44.3. The first-order chi connectivity index (χ1) is 20.9. The van der Waals surface area contributed by atoms with E-state index in [1.165, 1.54) is 16.7 Å². The van der Waals surface area contributed by atoms with Crippen molar-refractivity contribution in [3.63, 3.8) is 0 Å². The molecule has 0 N–H and O–H groups in total. The van der Waals surface area contributed by atoms with Crippen molar-refractivity contribution in [3.8, 4) is 22.7 Å². The lowest BCUT2D eigenvalue weighted by Crippen LogP contribution is -2.58. The third-order valence-electron chi connectivity index (χ3n) is 7.80. The topological polar surface area (TPSA) is 93.5 Å². The number of carbonyl (C=O) groups is 1. The van der Waals surface area contributed by atoms with Gasteiger partial charge in [0.25, 0.3) is 0 Å². The molecule has 4 aromatic rings. The van der Waals surface area contributed by atoms with Crippen molar-refractivity contribution in [3.05, 3.63) is 82.0 Å². The van der Waals surface area contributed by atoms with E-state index in [1.807, 2.05) is 39.5 Å². The zero-order chi connectivity index (χ0) is 31.9. The van der Waals surface area contributed by atoms with Crippen LogP contribution in [0.4, 0.5) is 14.6 Å². The Balaban J connectivity index is 1.82. The van der Waals surface area contributed by atoms with E-state index in [9.17, 15) is 18.4 Å². The van der Waals surface area contributed by atoms with Gasteiger partial charge in [0.15, 0.2) is 5.65 Å². The van der Waals surface area contributed by atoms with Gasteiger partial charge in [0.1, 0.15) is 11.6 Å². The number of fused-ring (bicyclic) bond motifs is 1. The molecule has 1 aliphatic heterocycles. The second kappa shape index (κ2) is 12.3. The molecule has 4 heterocycles. The van der Waals surface area contributed by atoms with Gasteiger partial charge in [-0.2, -0.15) is 13.8 Å². The van der Waals surface area contributed by atoms with Crippen LogP contribution in [-0.2, 0) is 4.79 Å². The Bertz CT molecular complexity index is 1810. The molecule has 1 aromatic carbocycles. The molecule has 0 aliphatic carbocycles. The minimum absolute atomic E-state index is 0.0465. The second-order valence-corrected chi connectivity index (χ2v) is 11.6. The Labute approximate surface area is 258 Å². The highest BCUT2D eigenvalue weighted by molar-refractivity contribution is 6.34. The fourth-order valence-corrected chi connectivity index (χ4v) is 5.96. The first-order valence-electron chi connectivity index (χ1n) is 14.3. The molecule has 1 aliphatic rings. The smallest absolute Gasteiger partial charge is 0.387 e. The Kier molecular flexibility index (Phi) is 8.69. The van der Waals surface area contributed by atoms with Crippen LogP contribution in [0, 0.1) is 6.92 Å². The molecule has 1 fully saturated rings. The molecule has 1 saturated heterocycles. The summed E-state index contributed by atoms with van der Waals surface area (Å²) in [6.07, 6.45) is 2.97. The highest BCUT2D eigenvalue weighted by Gasteiger charge is 2.34. The quantitative estimate of drug-likeness (QED) is 0.229. The van der Waals surface area contributed by atoms with Gasteiger partial charge in [-0.25, -0.2) is 14.3 Å². The summed E-state index contributed by atoms with van der Waals surface area (Å²) in [7, 11) is 0. The number of amides is 1. The minimum Gasteiger partial charge on any atom is -0.434 e. The Morgan fingerprint density at radius 3 is 2.55 bits per heavy atom. The van der Waals surface area contributed by atoms with Crippen molar-refractivity contribution in [2.24, 2.45) is 0 Å². The van der Waals surface area contributed by atoms with Crippen molar-refractivity contribution in [2.45, 2.75) is 59.2 Å². The highest BCUT2D eigenvalue weighted by atomic mass is 35.5. The van der Waals surface area contributed by atoms with Crippen molar-refractivity contribution < 1.29 is 18.3 Å². The Morgan fingerprint density at radius 2 is 1.86 bits per heavy atom. The van der Waals surface area contributed by atoms with E-state index in [0.29, 0.717) is 35.7 Å². The Hall–Kier alpha value is -4.38. The zero-order valence-corrected chi connectivity index (χ0v) is 25.8. The second-order valence-electron chi connectivity index (χ2n) is 11.2. The lowest BCUT2D eigenvalue weighted by atomic mass is 10.0. The van der Waals surface area contributed by atoms with E-state index >= 15 is 0 Å². The number of rotatable bonds is 7. The van der Waals surface area contributed by atoms with Crippen molar-refractivity contribution >= 4 is 34.4 Å². The van der Waals surface area contributed by atoms with Crippen LogP contribution in [0.25, 0.3) is 28.0 Å². The number of piperazine rings is 1. The van der Waals surface area contributed by atoms with Crippen molar-refractivity contribution in [2.75, 3.05) is 18.0 Å². The molecular formula is C32H33ClF2N6O3. The molecule has 0 bridgehead atoms. The number of ether oxygens (including phenoxy) is 1. The standard InChI is InChI=1S/C32H33ClF2N6O3/c1-7-25(42)39-15-20(6)40(16-19(39)5)29-22-14-23(33)27(21-10-8-9-11-24(21)44-31(34)35)37-30(22)41(32(43)38-29)28-18(4)12-13-36-26(28)17(2)3/h7-14,17,19-20,31H,1,15-16H2,2-6H3. The fourth-order valence-electron chi connectivity index (χ4n) is 5.71. The van der Waals surface area contributed by atoms with Crippen LogP contribution in [0.2, 0.25) is 5.02 Å². The predicted octanol–water partition coefficient (Wildman–Crippen LogP) is 6.14. The number of aromatic nitrogens is 4. The van der Waals surface area contributed by atoms with Crippen LogP contribution >= 0.6 is 11.6 Å². The summed E-state index contributed by atoms with van der Waals surface area (Å²) in [5.74, 6) is 0.0293. The van der Waals surface area contributed by atoms with Crippen LogP contribution in [0.15, 0.2) is 60.0 Å². The lowest BCUT2D eigenvalue weighted by molar-refractivity contribution is -0.128. The average molecular weight is 623 g/mol. The van der Waals surface area contributed by atoms with E-state index in [4.69, 9.17) is 21.3 Å². The Morgan fingerprint density at radius 1 is 1.14 bits per heavy atom. The van der Waals surface area contributed by atoms with Crippen LogP contribution in [0.3, 0.4) is 0 Å². The number of benzene rings is 1. The van der Waals surface area contributed by atoms with Crippen molar-refractivity contribution in [1.82, 2.24) is 24.4 Å². The van der Waals surface area contributed by atoms with Crippen molar-refractivity contribution in [1.29, 1.82) is 0 Å². The summed E-state index contributed by atoms with van der Waals surface area (Å²) < 4.78 is 32.9. The molecule has 1 amide bonds. The van der Waals surface area contributed by atoms with Gasteiger partial charge in [0.05, 0.1) is 27.5 Å². The summed E-state index contributed by atoms with van der Waals surface area (Å²) in [6.45, 7) is 11.0. The molecule has 44 heavy (non-hydrogen) atoms. The lowest BCUT2D eigenvalue weighted by Gasteiger charge is -2.44. The van der Waals surface area contributed by atoms with E-state index in [2.05, 4.69) is 16.5 Å². The number of aryl methyl sites for hydroxylation is 1. The number of carbonyl (C=O) groups excluding carboxylic acids is 1. The van der Waals surface area contributed by atoms with Crippen LogP contribution in [-0.4, -0.2) is 62.1 Å². The molecular weight excluding hydrogens is 590 g/mol. The molecule has 0 radical (unpaired) electrons. The van der Waals surface area contributed by atoms with Gasteiger partial charge in [0, 0.05) is 36.9 Å². The maximum Gasteiger partial charge on any atom is 0.387 e. The molecule has 2 atom stereocenters. The number of para-hydroxylation sites is 1. The largest absolute Gasteiger partial charge is 0.434 e. The van der Waals surface area contributed by atoms with Gasteiger partial charge >= 0.3 is 12.3 Å². The van der Waals surface area contributed by atoms with Crippen LogP contribution < -0.4 is 15.3 Å². The van der Waals surface area contributed by atoms with Gasteiger partial charge in [-0.05, 0) is 62.6 Å². The minimum atomic E-state index is -3.06. The predicted molar refractivity (Wildman–Crippen MR) is 167 cm³/mol.